The van der Waals surface area contributed by atoms with Crippen molar-refractivity contribution in [3.63, 3.8) is 0 Å². The van der Waals surface area contributed by atoms with Crippen molar-refractivity contribution in [3.8, 4) is 0 Å². The molecule has 1 saturated heterocycles. The molecule has 0 bridgehead atoms. The van der Waals surface area contributed by atoms with Crippen LogP contribution in [0.4, 0.5) is 0 Å². The summed E-state index contributed by atoms with van der Waals surface area (Å²) in [5, 5.41) is 3.58. The number of benzene rings is 1. The fourth-order valence-corrected chi connectivity index (χ4v) is 3.10. The molecule has 132 valence electrons. The zero-order valence-corrected chi connectivity index (χ0v) is 14.6. The number of H-pyrrole nitrogens is 1. The number of imidazole rings is 1. The molecule has 6 nitrogen and oxygen atoms in total. The lowest BCUT2D eigenvalue weighted by Crippen LogP contribution is -2.46. The number of hydrogen-bond donors (Lipinski definition) is 2. The molecule has 2 heterocycles. The number of halogens is 1. The van der Waals surface area contributed by atoms with Crippen LogP contribution in [0.5, 0.6) is 0 Å². The summed E-state index contributed by atoms with van der Waals surface area (Å²) in [6.07, 6.45) is 5.14. The first-order chi connectivity index (χ1) is 12.1. The number of amides is 2. The second-order valence-corrected chi connectivity index (χ2v) is 6.64. The van der Waals surface area contributed by atoms with E-state index < -0.39 is 0 Å². The smallest absolute Gasteiger partial charge is 0.225 e. The number of piperidine rings is 1. The van der Waals surface area contributed by atoms with Gasteiger partial charge < -0.3 is 15.2 Å². The van der Waals surface area contributed by atoms with Gasteiger partial charge in [-0.1, -0.05) is 23.7 Å². The van der Waals surface area contributed by atoms with Crippen molar-refractivity contribution in [1.82, 2.24) is 20.2 Å². The molecule has 0 unspecified atom stereocenters. The van der Waals surface area contributed by atoms with Crippen LogP contribution >= 0.6 is 11.6 Å². The maximum absolute atomic E-state index is 12.4. The molecule has 0 spiro atoms. The number of carbonyl (C=O) groups excluding carboxylic acids is 2. The van der Waals surface area contributed by atoms with E-state index in [1.807, 2.05) is 24.3 Å². The van der Waals surface area contributed by atoms with Crippen molar-refractivity contribution in [2.24, 2.45) is 5.92 Å². The number of aromatic nitrogens is 2. The Labute approximate surface area is 151 Å². The highest BCUT2D eigenvalue weighted by atomic mass is 35.5. The Morgan fingerprint density at radius 3 is 2.88 bits per heavy atom. The molecule has 0 aliphatic carbocycles. The maximum atomic E-state index is 12.4. The average molecular weight is 361 g/mol. The molecular weight excluding hydrogens is 340 g/mol. The van der Waals surface area contributed by atoms with E-state index in [-0.39, 0.29) is 17.7 Å². The Kier molecular flexibility index (Phi) is 5.71. The Hall–Kier alpha value is -2.34. The average Bonchev–Trinajstić information content (AvgIpc) is 3.14. The van der Waals surface area contributed by atoms with Crippen molar-refractivity contribution in [2.75, 3.05) is 13.1 Å². The lowest BCUT2D eigenvalue weighted by atomic mass is 9.96. The van der Waals surface area contributed by atoms with Gasteiger partial charge in [-0.25, -0.2) is 4.98 Å². The first kappa shape index (κ1) is 17.5. The predicted octanol–water partition coefficient (Wildman–Crippen LogP) is 2.16. The molecule has 0 radical (unpaired) electrons. The van der Waals surface area contributed by atoms with Gasteiger partial charge in [0.05, 0.1) is 12.5 Å². The monoisotopic (exact) mass is 360 g/mol. The first-order valence-corrected chi connectivity index (χ1v) is 8.78. The van der Waals surface area contributed by atoms with Crippen LogP contribution in [0.3, 0.4) is 0 Å². The van der Waals surface area contributed by atoms with E-state index in [9.17, 15) is 9.59 Å². The minimum absolute atomic E-state index is 0.0274. The van der Waals surface area contributed by atoms with Crippen molar-refractivity contribution in [1.29, 1.82) is 0 Å². The fourth-order valence-electron chi connectivity index (χ4n) is 2.97. The highest BCUT2D eigenvalue weighted by Crippen LogP contribution is 2.19. The number of nitrogens with zero attached hydrogens (tertiary/aromatic N) is 2. The summed E-state index contributed by atoms with van der Waals surface area (Å²) in [6, 6.07) is 7.62. The molecule has 0 saturated carbocycles. The minimum atomic E-state index is -0.169. The van der Waals surface area contributed by atoms with Crippen molar-refractivity contribution < 1.29 is 9.59 Å². The Balaban J connectivity index is 1.50. The second-order valence-electron chi connectivity index (χ2n) is 6.21. The maximum Gasteiger partial charge on any atom is 0.225 e. The van der Waals surface area contributed by atoms with E-state index in [2.05, 4.69) is 15.3 Å². The number of aromatic amines is 1. The van der Waals surface area contributed by atoms with Gasteiger partial charge in [-0.15, -0.1) is 0 Å². The molecule has 1 aliphatic rings. The van der Waals surface area contributed by atoms with Crippen molar-refractivity contribution in [2.45, 2.75) is 25.8 Å². The minimum Gasteiger partial charge on any atom is -0.349 e. The van der Waals surface area contributed by atoms with Gasteiger partial charge in [0, 0.05) is 36.9 Å². The SMILES string of the molecule is O=C(NCc1ncc[nH]1)[C@H]1CCC(=O)N(CCc2ccc(Cl)cc2)C1. The molecule has 1 atom stereocenters. The molecule has 25 heavy (non-hydrogen) atoms. The van der Waals surface area contributed by atoms with Gasteiger partial charge in [0.2, 0.25) is 11.8 Å². The van der Waals surface area contributed by atoms with Gasteiger partial charge in [0.1, 0.15) is 5.82 Å². The van der Waals surface area contributed by atoms with Gasteiger partial charge >= 0.3 is 0 Å². The number of nitrogens with one attached hydrogen (secondary N) is 2. The van der Waals surface area contributed by atoms with Gasteiger partial charge in [-0.3, -0.25) is 9.59 Å². The Bertz CT molecular complexity index is 715. The van der Waals surface area contributed by atoms with E-state index in [1.165, 1.54) is 0 Å². The van der Waals surface area contributed by atoms with Crippen LogP contribution in [0.2, 0.25) is 5.02 Å². The van der Waals surface area contributed by atoms with E-state index >= 15 is 0 Å². The number of likely N-dealkylation sites (tertiary alicyclic amines) is 1. The summed E-state index contributed by atoms with van der Waals surface area (Å²) in [4.78, 5) is 33.3. The van der Waals surface area contributed by atoms with E-state index in [0.717, 1.165) is 17.8 Å². The zero-order valence-electron chi connectivity index (χ0n) is 13.9. The second kappa shape index (κ2) is 8.16. The van der Waals surface area contributed by atoms with Crippen molar-refractivity contribution in [3.05, 3.63) is 53.1 Å². The standard InChI is InChI=1S/C18H21ClN4O2/c19-15-4-1-13(2-5-15)7-10-23-12-14(3-6-17(23)24)18(25)22-11-16-20-8-9-21-16/h1-2,4-5,8-9,14H,3,6-7,10-12H2,(H,20,21)(H,22,25)/t14-/m0/s1. The molecule has 1 aromatic carbocycles. The van der Waals surface area contributed by atoms with E-state index in [4.69, 9.17) is 11.6 Å². The molecular formula is C18H21ClN4O2. The molecule has 2 aromatic rings. The highest BCUT2D eigenvalue weighted by Gasteiger charge is 2.29. The highest BCUT2D eigenvalue weighted by molar-refractivity contribution is 6.30. The molecule has 1 fully saturated rings. The van der Waals surface area contributed by atoms with Crippen molar-refractivity contribution >= 4 is 23.4 Å². The number of rotatable bonds is 6. The van der Waals surface area contributed by atoms with Gasteiger partial charge in [0.25, 0.3) is 0 Å². The van der Waals surface area contributed by atoms with E-state index in [1.54, 1.807) is 17.3 Å². The lowest BCUT2D eigenvalue weighted by Gasteiger charge is -2.32. The fraction of sp³-hybridized carbons (Fsp3) is 0.389. The van der Waals surface area contributed by atoms with E-state index in [0.29, 0.717) is 37.5 Å². The van der Waals surface area contributed by atoms with Crippen LogP contribution in [0, 0.1) is 5.92 Å². The normalized spacial score (nSPS) is 17.6. The molecule has 2 amide bonds. The summed E-state index contributed by atoms with van der Waals surface area (Å²) in [6.45, 7) is 1.46. The van der Waals surface area contributed by atoms with Gasteiger partial charge in [0.15, 0.2) is 0 Å². The third kappa shape index (κ3) is 4.82. The third-order valence-electron chi connectivity index (χ3n) is 4.44. The molecule has 2 N–H and O–H groups in total. The van der Waals surface area contributed by atoms with Crippen LogP contribution in [0.1, 0.15) is 24.2 Å². The largest absolute Gasteiger partial charge is 0.349 e. The van der Waals surface area contributed by atoms with Crippen LogP contribution in [0.25, 0.3) is 0 Å². The molecule has 1 aliphatic heterocycles. The zero-order chi connectivity index (χ0) is 17.6. The summed E-state index contributed by atoms with van der Waals surface area (Å²) < 4.78 is 0. The predicted molar refractivity (Wildman–Crippen MR) is 94.9 cm³/mol. The Morgan fingerprint density at radius 2 is 2.16 bits per heavy atom. The molecule has 1 aromatic heterocycles. The number of hydrogen-bond acceptors (Lipinski definition) is 3. The summed E-state index contributed by atoms with van der Waals surface area (Å²) in [7, 11) is 0. The summed E-state index contributed by atoms with van der Waals surface area (Å²) >= 11 is 5.89. The van der Waals surface area contributed by atoms with Crippen LogP contribution in [0.15, 0.2) is 36.7 Å². The van der Waals surface area contributed by atoms with Crippen LogP contribution in [-0.4, -0.2) is 39.8 Å². The summed E-state index contributed by atoms with van der Waals surface area (Å²) in [5.41, 5.74) is 1.13. The van der Waals surface area contributed by atoms with Gasteiger partial charge in [-0.05, 0) is 30.5 Å². The topological polar surface area (TPSA) is 78.1 Å². The molecule has 3 rings (SSSR count). The lowest BCUT2D eigenvalue weighted by molar-refractivity contribution is -0.138. The Morgan fingerprint density at radius 1 is 1.36 bits per heavy atom. The van der Waals surface area contributed by atoms with Gasteiger partial charge in [-0.2, -0.15) is 0 Å². The van der Waals surface area contributed by atoms with Crippen LogP contribution in [-0.2, 0) is 22.6 Å². The number of carbonyl (C=O) groups is 2. The molecule has 7 heteroatoms. The van der Waals surface area contributed by atoms with Crippen LogP contribution < -0.4 is 5.32 Å². The first-order valence-electron chi connectivity index (χ1n) is 8.40. The summed E-state index contributed by atoms with van der Waals surface area (Å²) in [5.74, 6) is 0.641. The third-order valence-corrected chi connectivity index (χ3v) is 4.69. The quantitative estimate of drug-likeness (QED) is 0.828.